The van der Waals surface area contributed by atoms with Gasteiger partial charge in [0.15, 0.2) is 5.96 Å². The van der Waals surface area contributed by atoms with Crippen molar-refractivity contribution in [2.24, 2.45) is 4.99 Å². The van der Waals surface area contributed by atoms with Gasteiger partial charge < -0.3 is 16.0 Å². The van der Waals surface area contributed by atoms with Crippen molar-refractivity contribution in [3.8, 4) is 0 Å². The van der Waals surface area contributed by atoms with Crippen molar-refractivity contribution < 1.29 is 4.79 Å². The number of pyridine rings is 1. The average Bonchev–Trinajstić information content (AvgIpc) is 2.93. The Morgan fingerprint density at radius 1 is 1.19 bits per heavy atom. The van der Waals surface area contributed by atoms with Gasteiger partial charge in [0, 0.05) is 44.1 Å². The van der Waals surface area contributed by atoms with Crippen molar-refractivity contribution in [2.75, 3.05) is 25.5 Å². The summed E-state index contributed by atoms with van der Waals surface area (Å²) >= 11 is 1.73. The highest BCUT2D eigenvalue weighted by atomic mass is 127. The molecular formula is C18H27IN6OS. The summed E-state index contributed by atoms with van der Waals surface area (Å²) in [6, 6.07) is 3.71. The van der Waals surface area contributed by atoms with E-state index in [2.05, 4.69) is 37.8 Å². The van der Waals surface area contributed by atoms with Crippen molar-refractivity contribution in [3.05, 3.63) is 39.5 Å². The summed E-state index contributed by atoms with van der Waals surface area (Å²) in [6.07, 6.45) is 2.91. The number of nitrogens with zero attached hydrogens (tertiary/aromatic N) is 3. The van der Waals surface area contributed by atoms with Crippen LogP contribution in [0, 0.1) is 20.8 Å². The largest absolute Gasteiger partial charge is 0.356 e. The van der Waals surface area contributed by atoms with Gasteiger partial charge in [0.1, 0.15) is 5.82 Å². The van der Waals surface area contributed by atoms with Crippen molar-refractivity contribution in [2.45, 2.75) is 33.6 Å². The van der Waals surface area contributed by atoms with Crippen LogP contribution in [0.4, 0.5) is 5.82 Å². The van der Waals surface area contributed by atoms with Gasteiger partial charge >= 0.3 is 0 Å². The molecule has 0 spiro atoms. The molecule has 0 saturated heterocycles. The number of aromatic nitrogens is 2. The lowest BCUT2D eigenvalue weighted by atomic mass is 10.3. The minimum Gasteiger partial charge on any atom is -0.356 e. The third kappa shape index (κ3) is 8.21. The maximum atomic E-state index is 11.9. The van der Waals surface area contributed by atoms with E-state index in [4.69, 9.17) is 0 Å². The summed E-state index contributed by atoms with van der Waals surface area (Å²) in [5.41, 5.74) is 2.16. The highest BCUT2D eigenvalue weighted by Gasteiger charge is 2.06. The maximum Gasteiger partial charge on any atom is 0.227 e. The van der Waals surface area contributed by atoms with E-state index < -0.39 is 0 Å². The molecule has 1 amide bonds. The number of anilines is 1. The van der Waals surface area contributed by atoms with Crippen molar-refractivity contribution in [1.29, 1.82) is 0 Å². The maximum absolute atomic E-state index is 11.9. The first-order chi connectivity index (χ1) is 12.5. The summed E-state index contributed by atoms with van der Waals surface area (Å²) in [5.74, 6) is 1.16. The van der Waals surface area contributed by atoms with Crippen LogP contribution in [0.2, 0.25) is 0 Å². The van der Waals surface area contributed by atoms with Gasteiger partial charge in [0.05, 0.1) is 10.7 Å². The van der Waals surface area contributed by atoms with E-state index in [0.717, 1.165) is 29.2 Å². The number of carbonyl (C=O) groups excluding carboxylic acids is 1. The predicted molar refractivity (Wildman–Crippen MR) is 122 cm³/mol. The second-order valence-electron chi connectivity index (χ2n) is 5.94. The Labute approximate surface area is 181 Å². The zero-order chi connectivity index (χ0) is 18.9. The molecule has 9 heteroatoms. The van der Waals surface area contributed by atoms with Crippen LogP contribution in [0.5, 0.6) is 0 Å². The Bertz CT molecular complexity index is 740. The number of rotatable bonds is 7. The Kier molecular flexibility index (Phi) is 10.2. The smallest absolute Gasteiger partial charge is 0.227 e. The van der Waals surface area contributed by atoms with E-state index >= 15 is 0 Å². The monoisotopic (exact) mass is 502 g/mol. The highest BCUT2D eigenvalue weighted by Crippen LogP contribution is 2.16. The summed E-state index contributed by atoms with van der Waals surface area (Å²) in [5, 5.41) is 10.3. The first-order valence-corrected chi connectivity index (χ1v) is 9.39. The van der Waals surface area contributed by atoms with Gasteiger partial charge in [-0.1, -0.05) is 6.07 Å². The Morgan fingerprint density at radius 3 is 2.52 bits per heavy atom. The summed E-state index contributed by atoms with van der Waals surface area (Å²) < 4.78 is 0. The molecule has 0 aliphatic heterocycles. The molecule has 2 heterocycles. The second kappa shape index (κ2) is 11.9. The average molecular weight is 502 g/mol. The van der Waals surface area contributed by atoms with Crippen LogP contribution in [-0.4, -0.2) is 42.0 Å². The van der Waals surface area contributed by atoms with Crippen molar-refractivity contribution in [3.63, 3.8) is 0 Å². The zero-order valence-corrected chi connectivity index (χ0v) is 19.3. The van der Waals surface area contributed by atoms with E-state index in [-0.39, 0.29) is 29.9 Å². The number of amides is 1. The standard InChI is InChI=1S/C18H26N6OS.HI/c1-12-5-6-15(22-11-12)24-16(25)7-9-20-18(19-4)21-10-8-17-23-13(2)14(3)26-17;/h5-6,11H,7-10H2,1-4H3,(H2,19,20,21)(H,22,24,25);1H. The van der Waals surface area contributed by atoms with E-state index in [1.807, 2.05) is 19.9 Å². The fourth-order valence-electron chi connectivity index (χ4n) is 2.20. The number of hydrogen-bond donors (Lipinski definition) is 3. The van der Waals surface area contributed by atoms with E-state index in [1.54, 1.807) is 30.6 Å². The van der Waals surface area contributed by atoms with Gasteiger partial charge in [0.25, 0.3) is 0 Å². The van der Waals surface area contributed by atoms with E-state index in [0.29, 0.717) is 24.7 Å². The predicted octanol–water partition coefficient (Wildman–Crippen LogP) is 2.82. The minimum atomic E-state index is -0.0851. The molecule has 2 aromatic rings. The number of hydrogen-bond acceptors (Lipinski definition) is 5. The van der Waals surface area contributed by atoms with Crippen LogP contribution in [0.1, 0.15) is 27.6 Å². The van der Waals surface area contributed by atoms with Crippen molar-refractivity contribution >= 4 is 53.0 Å². The van der Waals surface area contributed by atoms with Crippen molar-refractivity contribution in [1.82, 2.24) is 20.6 Å². The van der Waals surface area contributed by atoms with Crippen LogP contribution < -0.4 is 16.0 Å². The van der Waals surface area contributed by atoms with Gasteiger partial charge in [-0.25, -0.2) is 9.97 Å². The van der Waals surface area contributed by atoms with Crippen LogP contribution in [0.15, 0.2) is 23.3 Å². The molecule has 0 atom stereocenters. The zero-order valence-electron chi connectivity index (χ0n) is 16.1. The molecule has 0 unspecified atom stereocenters. The quantitative estimate of drug-likeness (QED) is 0.308. The minimum absolute atomic E-state index is 0. The van der Waals surface area contributed by atoms with Gasteiger partial charge in [0.2, 0.25) is 5.91 Å². The van der Waals surface area contributed by atoms with Crippen LogP contribution in [0.3, 0.4) is 0 Å². The number of aliphatic imine (C=N–C) groups is 1. The van der Waals surface area contributed by atoms with E-state index in [9.17, 15) is 4.79 Å². The molecule has 2 rings (SSSR count). The molecule has 0 fully saturated rings. The molecule has 148 valence electrons. The molecule has 0 bridgehead atoms. The Morgan fingerprint density at radius 2 is 1.93 bits per heavy atom. The fraction of sp³-hybridized carbons (Fsp3) is 0.444. The van der Waals surface area contributed by atoms with Gasteiger partial charge in [-0.05, 0) is 32.4 Å². The molecule has 0 aromatic carbocycles. The normalized spacial score (nSPS) is 10.9. The molecule has 0 radical (unpaired) electrons. The molecule has 3 N–H and O–H groups in total. The fourth-order valence-corrected chi connectivity index (χ4v) is 3.13. The molecule has 0 aliphatic carbocycles. The molecule has 2 aromatic heterocycles. The highest BCUT2D eigenvalue weighted by molar-refractivity contribution is 14.0. The van der Waals surface area contributed by atoms with E-state index in [1.165, 1.54) is 4.88 Å². The molecule has 0 aliphatic rings. The summed E-state index contributed by atoms with van der Waals surface area (Å²) in [4.78, 5) is 26.1. The lowest BCUT2D eigenvalue weighted by Crippen LogP contribution is -2.39. The molecule has 27 heavy (non-hydrogen) atoms. The van der Waals surface area contributed by atoms with Gasteiger partial charge in [-0.2, -0.15) is 0 Å². The van der Waals surface area contributed by atoms with Gasteiger partial charge in [-0.3, -0.25) is 9.79 Å². The number of carbonyl (C=O) groups is 1. The number of guanidine groups is 1. The lowest BCUT2D eigenvalue weighted by Gasteiger charge is -2.11. The second-order valence-corrected chi connectivity index (χ2v) is 7.23. The number of aryl methyl sites for hydroxylation is 3. The molecular weight excluding hydrogens is 475 g/mol. The first-order valence-electron chi connectivity index (χ1n) is 8.58. The molecule has 0 saturated carbocycles. The summed E-state index contributed by atoms with van der Waals surface area (Å²) in [7, 11) is 1.71. The first kappa shape index (κ1) is 23.3. The Hall–Kier alpha value is -1.75. The van der Waals surface area contributed by atoms with Crippen LogP contribution >= 0.6 is 35.3 Å². The van der Waals surface area contributed by atoms with Crippen LogP contribution in [0.25, 0.3) is 0 Å². The number of halogens is 1. The lowest BCUT2D eigenvalue weighted by molar-refractivity contribution is -0.116. The summed E-state index contributed by atoms with van der Waals surface area (Å²) in [6.45, 7) is 7.30. The molecule has 7 nitrogen and oxygen atoms in total. The van der Waals surface area contributed by atoms with Gasteiger partial charge in [-0.15, -0.1) is 35.3 Å². The van der Waals surface area contributed by atoms with Crippen LogP contribution in [-0.2, 0) is 11.2 Å². The third-order valence-corrected chi connectivity index (χ3v) is 4.88. The Balaban J connectivity index is 0.00000364. The number of nitrogens with one attached hydrogen (secondary N) is 3. The number of thiazole rings is 1. The third-order valence-electron chi connectivity index (χ3n) is 3.75. The SMILES string of the molecule is CN=C(NCCC(=O)Nc1ccc(C)cn1)NCCc1nc(C)c(C)s1.I. The topological polar surface area (TPSA) is 91.3 Å².